The second kappa shape index (κ2) is 3.87. The first kappa shape index (κ1) is 10.2. The molecule has 0 spiro atoms. The van der Waals surface area contributed by atoms with Gasteiger partial charge in [-0.05, 0) is 12.5 Å². The van der Waals surface area contributed by atoms with Crippen molar-refractivity contribution in [3.63, 3.8) is 0 Å². The number of benzene rings is 1. The van der Waals surface area contributed by atoms with Gasteiger partial charge in [-0.25, -0.2) is 0 Å². The Balaban J connectivity index is 2.94. The van der Waals surface area contributed by atoms with Crippen LogP contribution in [0.2, 0.25) is 0 Å². The van der Waals surface area contributed by atoms with Crippen molar-refractivity contribution in [3.8, 4) is 0 Å². The van der Waals surface area contributed by atoms with E-state index in [1.165, 1.54) is 24.3 Å². The average molecular weight is 194 g/mol. The standard InChI is InChI=1S/C9H10N2O3/c1-6(9(10)12)7-2-4-8(5-3-7)11(13)14/h2-6H,1H3,(H2,10,12)/t6-/m0/s1. The third-order valence-electron chi connectivity index (χ3n) is 2.03. The summed E-state index contributed by atoms with van der Waals surface area (Å²) in [6.07, 6.45) is 0. The SMILES string of the molecule is C[C@H](C(N)=O)c1ccc([N+](=O)[O-])cc1. The normalized spacial score (nSPS) is 12.1. The zero-order valence-corrected chi connectivity index (χ0v) is 7.64. The van der Waals surface area contributed by atoms with Crippen LogP contribution in [0.1, 0.15) is 18.4 Å². The predicted octanol–water partition coefficient (Wildman–Crippen LogP) is 1.18. The summed E-state index contributed by atoms with van der Waals surface area (Å²) in [4.78, 5) is 20.6. The fraction of sp³-hybridized carbons (Fsp3) is 0.222. The predicted molar refractivity (Wildman–Crippen MR) is 50.7 cm³/mol. The highest BCUT2D eigenvalue weighted by Crippen LogP contribution is 2.18. The molecule has 0 fully saturated rings. The van der Waals surface area contributed by atoms with Gasteiger partial charge in [-0.2, -0.15) is 0 Å². The molecule has 0 bridgehead atoms. The first-order valence-electron chi connectivity index (χ1n) is 4.06. The molecular weight excluding hydrogens is 184 g/mol. The molecule has 2 N–H and O–H groups in total. The minimum atomic E-state index is -0.487. The lowest BCUT2D eigenvalue weighted by atomic mass is 10.0. The average Bonchev–Trinajstić information content (AvgIpc) is 2.16. The van der Waals surface area contributed by atoms with Crippen LogP contribution in [0, 0.1) is 10.1 Å². The summed E-state index contributed by atoms with van der Waals surface area (Å²) in [5, 5.41) is 10.3. The highest BCUT2D eigenvalue weighted by atomic mass is 16.6. The van der Waals surface area contributed by atoms with Gasteiger partial charge >= 0.3 is 0 Å². The van der Waals surface area contributed by atoms with E-state index in [0.29, 0.717) is 5.56 Å². The highest BCUT2D eigenvalue weighted by molar-refractivity contribution is 5.81. The summed E-state index contributed by atoms with van der Waals surface area (Å²) in [7, 11) is 0. The third-order valence-corrected chi connectivity index (χ3v) is 2.03. The van der Waals surface area contributed by atoms with Gasteiger partial charge in [-0.15, -0.1) is 0 Å². The lowest BCUT2D eigenvalue weighted by molar-refractivity contribution is -0.384. The van der Waals surface area contributed by atoms with E-state index >= 15 is 0 Å². The number of nitrogens with zero attached hydrogens (tertiary/aromatic N) is 1. The largest absolute Gasteiger partial charge is 0.369 e. The van der Waals surface area contributed by atoms with Crippen LogP contribution in [0.15, 0.2) is 24.3 Å². The summed E-state index contributed by atoms with van der Waals surface area (Å²) in [6, 6.07) is 5.78. The molecule has 0 aliphatic carbocycles. The smallest absolute Gasteiger partial charge is 0.269 e. The fourth-order valence-electron chi connectivity index (χ4n) is 1.05. The van der Waals surface area contributed by atoms with Crippen molar-refractivity contribution >= 4 is 11.6 Å². The van der Waals surface area contributed by atoms with Crippen LogP contribution in [0.5, 0.6) is 0 Å². The van der Waals surface area contributed by atoms with Gasteiger partial charge in [0.15, 0.2) is 0 Å². The third kappa shape index (κ3) is 2.07. The van der Waals surface area contributed by atoms with Crippen LogP contribution >= 0.6 is 0 Å². The Morgan fingerprint density at radius 1 is 1.43 bits per heavy atom. The van der Waals surface area contributed by atoms with Gasteiger partial charge in [-0.3, -0.25) is 14.9 Å². The van der Waals surface area contributed by atoms with Crippen molar-refractivity contribution in [2.24, 2.45) is 5.73 Å². The summed E-state index contributed by atoms with van der Waals surface area (Å²) in [5.41, 5.74) is 5.78. The number of nitro groups is 1. The van der Waals surface area contributed by atoms with Crippen LogP contribution in [-0.4, -0.2) is 10.8 Å². The van der Waals surface area contributed by atoms with Gasteiger partial charge in [0.2, 0.25) is 5.91 Å². The number of amides is 1. The first-order valence-corrected chi connectivity index (χ1v) is 4.06. The van der Waals surface area contributed by atoms with Gasteiger partial charge in [0.25, 0.3) is 5.69 Å². The number of rotatable bonds is 3. The highest BCUT2D eigenvalue weighted by Gasteiger charge is 2.12. The monoisotopic (exact) mass is 194 g/mol. The van der Waals surface area contributed by atoms with E-state index < -0.39 is 16.7 Å². The van der Waals surface area contributed by atoms with Gasteiger partial charge in [0, 0.05) is 12.1 Å². The van der Waals surface area contributed by atoms with Crippen molar-refractivity contribution in [1.82, 2.24) is 0 Å². The quantitative estimate of drug-likeness (QED) is 0.579. The van der Waals surface area contributed by atoms with Gasteiger partial charge in [0.1, 0.15) is 0 Å². The molecular formula is C9H10N2O3. The zero-order chi connectivity index (χ0) is 10.7. The lowest BCUT2D eigenvalue weighted by Crippen LogP contribution is -2.18. The molecule has 0 radical (unpaired) electrons. The number of hydrogen-bond donors (Lipinski definition) is 1. The van der Waals surface area contributed by atoms with Crippen LogP contribution in [0.4, 0.5) is 5.69 Å². The van der Waals surface area contributed by atoms with Crippen molar-refractivity contribution in [2.45, 2.75) is 12.8 Å². The summed E-state index contributed by atoms with van der Waals surface area (Å²) < 4.78 is 0. The maximum atomic E-state index is 10.8. The Morgan fingerprint density at radius 2 is 1.93 bits per heavy atom. The first-order chi connectivity index (χ1) is 6.52. The number of non-ortho nitro benzene ring substituents is 1. The van der Waals surface area contributed by atoms with E-state index in [0.717, 1.165) is 0 Å². The Bertz CT molecular complexity index is 359. The molecule has 0 aliphatic rings. The Kier molecular flexibility index (Phi) is 2.81. The Hall–Kier alpha value is -1.91. The summed E-state index contributed by atoms with van der Waals surface area (Å²) in [5.74, 6) is -0.866. The Morgan fingerprint density at radius 3 is 2.29 bits per heavy atom. The van der Waals surface area contributed by atoms with Crippen LogP contribution in [0.3, 0.4) is 0 Å². The minimum absolute atomic E-state index is 0.00502. The van der Waals surface area contributed by atoms with Crippen LogP contribution < -0.4 is 5.73 Å². The molecule has 0 saturated heterocycles. The van der Waals surface area contributed by atoms with E-state index in [4.69, 9.17) is 5.73 Å². The molecule has 1 amide bonds. The molecule has 5 nitrogen and oxygen atoms in total. The minimum Gasteiger partial charge on any atom is -0.369 e. The molecule has 0 aliphatic heterocycles. The molecule has 0 heterocycles. The number of hydrogen-bond acceptors (Lipinski definition) is 3. The molecule has 0 aromatic heterocycles. The van der Waals surface area contributed by atoms with E-state index in [1.807, 2.05) is 0 Å². The summed E-state index contributed by atoms with van der Waals surface area (Å²) >= 11 is 0. The Labute approximate surface area is 80.7 Å². The molecule has 1 aromatic carbocycles. The molecule has 14 heavy (non-hydrogen) atoms. The van der Waals surface area contributed by atoms with Crippen molar-refractivity contribution in [2.75, 3.05) is 0 Å². The van der Waals surface area contributed by atoms with Crippen molar-refractivity contribution in [1.29, 1.82) is 0 Å². The van der Waals surface area contributed by atoms with Crippen LogP contribution in [0.25, 0.3) is 0 Å². The number of nitro benzene ring substituents is 1. The topological polar surface area (TPSA) is 86.2 Å². The number of primary amides is 1. The molecule has 5 heteroatoms. The van der Waals surface area contributed by atoms with Gasteiger partial charge < -0.3 is 5.73 Å². The van der Waals surface area contributed by atoms with Crippen molar-refractivity contribution < 1.29 is 9.72 Å². The van der Waals surface area contributed by atoms with E-state index in [-0.39, 0.29) is 5.69 Å². The number of nitrogens with two attached hydrogens (primary N) is 1. The molecule has 1 rings (SSSR count). The van der Waals surface area contributed by atoms with E-state index in [9.17, 15) is 14.9 Å². The van der Waals surface area contributed by atoms with E-state index in [2.05, 4.69) is 0 Å². The lowest BCUT2D eigenvalue weighted by Gasteiger charge is -2.05. The summed E-state index contributed by atoms with van der Waals surface area (Å²) in [6.45, 7) is 1.66. The molecule has 0 unspecified atom stereocenters. The molecule has 1 atom stereocenters. The molecule has 0 saturated carbocycles. The fourth-order valence-corrected chi connectivity index (χ4v) is 1.05. The number of carbonyl (C=O) groups is 1. The van der Waals surface area contributed by atoms with Gasteiger partial charge in [0.05, 0.1) is 10.8 Å². The van der Waals surface area contributed by atoms with Gasteiger partial charge in [-0.1, -0.05) is 12.1 Å². The second-order valence-corrected chi connectivity index (χ2v) is 2.97. The van der Waals surface area contributed by atoms with Crippen molar-refractivity contribution in [3.05, 3.63) is 39.9 Å². The van der Waals surface area contributed by atoms with Crippen LogP contribution in [-0.2, 0) is 4.79 Å². The maximum absolute atomic E-state index is 10.8. The zero-order valence-electron chi connectivity index (χ0n) is 7.64. The molecule has 74 valence electrons. The molecule has 1 aromatic rings. The van der Waals surface area contributed by atoms with E-state index in [1.54, 1.807) is 6.92 Å². The number of carbonyl (C=O) groups excluding carboxylic acids is 1. The maximum Gasteiger partial charge on any atom is 0.269 e. The second-order valence-electron chi connectivity index (χ2n) is 2.97.